The first-order valence-corrected chi connectivity index (χ1v) is 9.63. The standard InChI is InChI=1S/C20H18N4O4S/c1-2-11-23-19(26)17(29-20(23)22-14-7-4-3-5-8-14)13-18(25)21-15-9-6-10-16(12-15)24(27)28/h2-10,12,17H,1,11,13H2,(H,21,25). The van der Waals surface area contributed by atoms with Gasteiger partial charge in [-0.3, -0.25) is 24.6 Å². The Labute approximate surface area is 171 Å². The van der Waals surface area contributed by atoms with Gasteiger partial charge in [0, 0.05) is 30.8 Å². The number of nitrogens with one attached hydrogen (secondary N) is 1. The van der Waals surface area contributed by atoms with Crippen LogP contribution in [0.5, 0.6) is 0 Å². The van der Waals surface area contributed by atoms with E-state index in [2.05, 4.69) is 16.9 Å². The number of rotatable bonds is 7. The predicted molar refractivity (Wildman–Crippen MR) is 113 cm³/mol. The summed E-state index contributed by atoms with van der Waals surface area (Å²) in [7, 11) is 0. The molecule has 0 spiro atoms. The highest BCUT2D eigenvalue weighted by Crippen LogP contribution is 2.32. The van der Waals surface area contributed by atoms with E-state index in [1.54, 1.807) is 12.1 Å². The Morgan fingerprint density at radius 2 is 2.03 bits per heavy atom. The molecular formula is C20H18N4O4S. The molecule has 2 aromatic carbocycles. The number of aliphatic imine (C=N–C) groups is 1. The van der Waals surface area contributed by atoms with Gasteiger partial charge in [0.2, 0.25) is 11.8 Å². The number of anilines is 1. The Morgan fingerprint density at radius 1 is 1.28 bits per heavy atom. The summed E-state index contributed by atoms with van der Waals surface area (Å²) in [5, 5.41) is 13.4. The van der Waals surface area contributed by atoms with Gasteiger partial charge in [-0.1, -0.05) is 42.1 Å². The second kappa shape index (κ2) is 9.16. The molecule has 9 heteroatoms. The van der Waals surface area contributed by atoms with Crippen LogP contribution in [0.1, 0.15) is 6.42 Å². The fourth-order valence-corrected chi connectivity index (χ4v) is 3.88. The second-order valence-corrected chi connectivity index (χ2v) is 7.30. The van der Waals surface area contributed by atoms with Crippen LogP contribution in [0.25, 0.3) is 0 Å². The first-order valence-electron chi connectivity index (χ1n) is 8.75. The van der Waals surface area contributed by atoms with E-state index in [9.17, 15) is 19.7 Å². The van der Waals surface area contributed by atoms with Crippen molar-refractivity contribution in [2.75, 3.05) is 11.9 Å². The molecule has 1 heterocycles. The normalized spacial score (nSPS) is 17.4. The minimum absolute atomic E-state index is 0.0757. The molecule has 1 atom stereocenters. The SMILES string of the molecule is C=CCN1C(=O)C(CC(=O)Nc2cccc([N+](=O)[O-])c2)SC1=Nc1ccccc1. The molecule has 0 radical (unpaired) electrons. The maximum Gasteiger partial charge on any atom is 0.271 e. The molecule has 1 saturated heterocycles. The van der Waals surface area contributed by atoms with Gasteiger partial charge >= 0.3 is 0 Å². The third-order valence-electron chi connectivity index (χ3n) is 4.02. The van der Waals surface area contributed by atoms with Crippen LogP contribution in [0.4, 0.5) is 17.1 Å². The third-order valence-corrected chi connectivity index (χ3v) is 5.20. The van der Waals surface area contributed by atoms with E-state index >= 15 is 0 Å². The molecule has 0 aromatic heterocycles. The van der Waals surface area contributed by atoms with Crippen LogP contribution >= 0.6 is 11.8 Å². The van der Waals surface area contributed by atoms with Gasteiger partial charge in [0.05, 0.1) is 10.6 Å². The monoisotopic (exact) mass is 410 g/mol. The van der Waals surface area contributed by atoms with E-state index in [0.29, 0.717) is 23.1 Å². The molecule has 29 heavy (non-hydrogen) atoms. The maximum absolute atomic E-state index is 12.7. The van der Waals surface area contributed by atoms with Crippen molar-refractivity contribution in [3.8, 4) is 0 Å². The van der Waals surface area contributed by atoms with Gasteiger partial charge < -0.3 is 5.32 Å². The maximum atomic E-state index is 12.7. The molecule has 2 aromatic rings. The minimum atomic E-state index is -0.629. The van der Waals surface area contributed by atoms with Crippen molar-refractivity contribution in [1.29, 1.82) is 0 Å². The fourth-order valence-electron chi connectivity index (χ4n) is 2.71. The largest absolute Gasteiger partial charge is 0.326 e. The van der Waals surface area contributed by atoms with E-state index in [4.69, 9.17) is 0 Å². The molecular weight excluding hydrogens is 392 g/mol. The number of benzene rings is 2. The number of thioether (sulfide) groups is 1. The molecule has 1 aliphatic heterocycles. The number of nitro groups is 1. The summed E-state index contributed by atoms with van der Waals surface area (Å²) < 4.78 is 0. The zero-order valence-electron chi connectivity index (χ0n) is 15.4. The highest BCUT2D eigenvalue weighted by Gasteiger charge is 2.38. The number of carbonyl (C=O) groups excluding carboxylic acids is 2. The quantitative estimate of drug-likeness (QED) is 0.425. The summed E-state index contributed by atoms with van der Waals surface area (Å²) in [4.78, 5) is 41.5. The number of nitrogens with zero attached hydrogens (tertiary/aromatic N) is 3. The van der Waals surface area contributed by atoms with Gasteiger partial charge in [-0.15, -0.1) is 6.58 Å². The number of hydrogen-bond donors (Lipinski definition) is 1. The first-order chi connectivity index (χ1) is 14.0. The number of nitro benzene ring substituents is 1. The van der Waals surface area contributed by atoms with Crippen molar-refractivity contribution < 1.29 is 14.5 Å². The molecule has 2 amide bonds. The molecule has 0 bridgehead atoms. The minimum Gasteiger partial charge on any atom is -0.326 e. The van der Waals surface area contributed by atoms with Gasteiger partial charge in [-0.2, -0.15) is 0 Å². The summed E-state index contributed by atoms with van der Waals surface area (Å²) in [5.41, 5.74) is 0.892. The van der Waals surface area contributed by atoms with Crippen molar-refractivity contribution in [2.45, 2.75) is 11.7 Å². The first kappa shape index (κ1) is 20.3. The Balaban J connectivity index is 1.72. The Bertz CT molecular complexity index is 977. The lowest BCUT2D eigenvalue weighted by Gasteiger charge is -2.13. The molecule has 0 saturated carbocycles. The Hall–Kier alpha value is -3.46. The van der Waals surface area contributed by atoms with Crippen LogP contribution < -0.4 is 5.32 Å². The number of non-ortho nitro benzene ring substituents is 1. The van der Waals surface area contributed by atoms with Gasteiger partial charge in [-0.25, -0.2) is 4.99 Å². The zero-order chi connectivity index (χ0) is 20.8. The average molecular weight is 410 g/mol. The number of amides is 2. The van der Waals surface area contributed by atoms with Gasteiger partial charge in [-0.05, 0) is 18.2 Å². The molecule has 0 aliphatic carbocycles. The Morgan fingerprint density at radius 3 is 2.72 bits per heavy atom. The summed E-state index contributed by atoms with van der Waals surface area (Å²) >= 11 is 1.22. The van der Waals surface area contributed by atoms with Crippen LogP contribution in [0, 0.1) is 10.1 Å². The molecule has 1 N–H and O–H groups in total. The van der Waals surface area contributed by atoms with Gasteiger partial charge in [0.15, 0.2) is 5.17 Å². The predicted octanol–water partition coefficient (Wildman–Crippen LogP) is 3.74. The fraction of sp³-hybridized carbons (Fsp3) is 0.150. The van der Waals surface area contributed by atoms with Crippen molar-refractivity contribution in [3.05, 3.63) is 77.4 Å². The Kier molecular flexibility index (Phi) is 6.40. The van der Waals surface area contributed by atoms with E-state index in [1.807, 2.05) is 30.3 Å². The number of hydrogen-bond acceptors (Lipinski definition) is 6. The van der Waals surface area contributed by atoms with E-state index < -0.39 is 16.1 Å². The van der Waals surface area contributed by atoms with Gasteiger partial charge in [0.1, 0.15) is 5.25 Å². The van der Waals surface area contributed by atoms with Crippen LogP contribution in [0.2, 0.25) is 0 Å². The molecule has 8 nitrogen and oxygen atoms in total. The zero-order valence-corrected chi connectivity index (χ0v) is 16.2. The molecule has 148 valence electrons. The molecule has 1 aliphatic rings. The smallest absolute Gasteiger partial charge is 0.271 e. The lowest BCUT2D eigenvalue weighted by atomic mass is 10.2. The lowest BCUT2D eigenvalue weighted by molar-refractivity contribution is -0.384. The number of carbonyl (C=O) groups is 2. The van der Waals surface area contributed by atoms with Crippen LogP contribution in [0.3, 0.4) is 0 Å². The highest BCUT2D eigenvalue weighted by molar-refractivity contribution is 8.15. The summed E-state index contributed by atoms with van der Waals surface area (Å²) in [6, 6.07) is 14.9. The second-order valence-electron chi connectivity index (χ2n) is 6.13. The topological polar surface area (TPSA) is 105 Å². The summed E-state index contributed by atoms with van der Waals surface area (Å²) in [6.07, 6.45) is 1.53. The van der Waals surface area contributed by atoms with Crippen molar-refractivity contribution >= 4 is 45.8 Å². The van der Waals surface area contributed by atoms with E-state index in [1.165, 1.54) is 34.9 Å². The van der Waals surface area contributed by atoms with Crippen LogP contribution in [-0.4, -0.2) is 38.6 Å². The molecule has 1 fully saturated rings. The number of para-hydroxylation sites is 1. The third kappa shape index (κ3) is 5.08. The number of amidine groups is 1. The van der Waals surface area contributed by atoms with E-state index in [0.717, 1.165) is 0 Å². The van der Waals surface area contributed by atoms with Crippen LogP contribution in [-0.2, 0) is 9.59 Å². The summed E-state index contributed by atoms with van der Waals surface area (Å²) in [5.74, 6) is -0.630. The van der Waals surface area contributed by atoms with Crippen LogP contribution in [0.15, 0.2) is 72.2 Å². The van der Waals surface area contributed by atoms with Crippen molar-refractivity contribution in [2.24, 2.45) is 4.99 Å². The highest BCUT2D eigenvalue weighted by atomic mass is 32.2. The van der Waals surface area contributed by atoms with E-state index in [-0.39, 0.29) is 18.0 Å². The van der Waals surface area contributed by atoms with Crippen molar-refractivity contribution in [3.63, 3.8) is 0 Å². The van der Waals surface area contributed by atoms with Crippen molar-refractivity contribution in [1.82, 2.24) is 4.90 Å². The lowest BCUT2D eigenvalue weighted by Crippen LogP contribution is -2.33. The summed E-state index contributed by atoms with van der Waals surface area (Å²) in [6.45, 7) is 3.96. The average Bonchev–Trinajstić information content (AvgIpc) is 2.98. The van der Waals surface area contributed by atoms with Gasteiger partial charge in [0.25, 0.3) is 5.69 Å². The molecule has 3 rings (SSSR count). The molecule has 1 unspecified atom stereocenters.